The molecule has 2 aromatic carbocycles. The van der Waals surface area contributed by atoms with Crippen molar-refractivity contribution in [2.45, 2.75) is 0 Å². The summed E-state index contributed by atoms with van der Waals surface area (Å²) in [5.74, 6) is 0.262. The van der Waals surface area contributed by atoms with E-state index in [0.29, 0.717) is 5.75 Å². The molecular weight excluding hydrogens is 248 g/mol. The van der Waals surface area contributed by atoms with Gasteiger partial charge in [0, 0.05) is 6.26 Å². The maximum atomic E-state index is 11.0. The van der Waals surface area contributed by atoms with Gasteiger partial charge in [-0.1, -0.05) is 42.5 Å². The van der Waals surface area contributed by atoms with Gasteiger partial charge < -0.3 is 4.74 Å². The summed E-state index contributed by atoms with van der Waals surface area (Å²) in [6.07, 6.45) is 1.14. The van der Waals surface area contributed by atoms with Crippen molar-refractivity contribution in [2.75, 3.05) is 12.2 Å². The summed E-state index contributed by atoms with van der Waals surface area (Å²) in [4.78, 5) is 0. The minimum atomic E-state index is -3.11. The molecule has 94 valence electrons. The van der Waals surface area contributed by atoms with Gasteiger partial charge in [0.2, 0.25) is 0 Å². The van der Waals surface area contributed by atoms with E-state index in [1.54, 1.807) is 12.1 Å². The summed E-state index contributed by atoms with van der Waals surface area (Å²) in [5, 5.41) is 0. The van der Waals surface area contributed by atoms with Gasteiger partial charge in [-0.2, -0.15) is 0 Å². The third kappa shape index (κ3) is 3.60. The molecule has 2 rings (SSSR count). The minimum absolute atomic E-state index is 0.294. The summed E-state index contributed by atoms with van der Waals surface area (Å²) in [7, 11) is -3.11. The highest BCUT2D eigenvalue weighted by Gasteiger charge is 2.03. The van der Waals surface area contributed by atoms with Crippen molar-refractivity contribution in [1.29, 1.82) is 0 Å². The second-order valence-electron chi connectivity index (χ2n) is 4.08. The lowest BCUT2D eigenvalue weighted by molar-refractivity contribution is 0.378. The fourth-order valence-corrected chi connectivity index (χ4v) is 1.90. The largest absolute Gasteiger partial charge is 0.478 e. The first-order valence-electron chi connectivity index (χ1n) is 5.51. The van der Waals surface area contributed by atoms with Gasteiger partial charge >= 0.3 is 0 Å². The predicted octanol–water partition coefficient (Wildman–Crippen LogP) is 2.73. The molecule has 0 aliphatic carbocycles. The summed E-state index contributed by atoms with van der Waals surface area (Å²) in [6, 6.07) is 17.3. The Bertz CT molecular complexity index is 601. The first-order valence-corrected chi connectivity index (χ1v) is 7.57. The first-order chi connectivity index (χ1) is 8.54. The Morgan fingerprint density at radius 1 is 0.889 bits per heavy atom. The second kappa shape index (κ2) is 5.23. The number of benzene rings is 2. The summed E-state index contributed by atoms with van der Waals surface area (Å²) >= 11 is 0. The van der Waals surface area contributed by atoms with Crippen molar-refractivity contribution in [3.05, 3.63) is 54.6 Å². The Balaban J connectivity index is 2.11. The second-order valence-corrected chi connectivity index (χ2v) is 6.17. The van der Waals surface area contributed by atoms with Crippen molar-refractivity contribution in [3.63, 3.8) is 0 Å². The van der Waals surface area contributed by atoms with Gasteiger partial charge in [0.15, 0.2) is 15.8 Å². The van der Waals surface area contributed by atoms with Gasteiger partial charge in [-0.25, -0.2) is 8.42 Å². The van der Waals surface area contributed by atoms with E-state index >= 15 is 0 Å². The van der Waals surface area contributed by atoms with Crippen LogP contribution >= 0.6 is 0 Å². The van der Waals surface area contributed by atoms with Crippen LogP contribution in [0.15, 0.2) is 54.6 Å². The summed E-state index contributed by atoms with van der Waals surface area (Å²) in [6.45, 7) is 0. The maximum absolute atomic E-state index is 11.0. The molecule has 0 aliphatic rings. The zero-order valence-corrected chi connectivity index (χ0v) is 10.9. The van der Waals surface area contributed by atoms with E-state index in [9.17, 15) is 8.42 Å². The molecule has 0 amide bonds. The van der Waals surface area contributed by atoms with Crippen LogP contribution in [-0.4, -0.2) is 20.6 Å². The van der Waals surface area contributed by atoms with Gasteiger partial charge in [-0.05, 0) is 23.3 Å². The van der Waals surface area contributed by atoms with Gasteiger partial charge in [-0.15, -0.1) is 0 Å². The molecule has 18 heavy (non-hydrogen) atoms. The molecule has 4 heteroatoms. The van der Waals surface area contributed by atoms with Crippen molar-refractivity contribution in [2.24, 2.45) is 0 Å². The fourth-order valence-electron chi connectivity index (χ4n) is 1.55. The molecule has 0 bridgehead atoms. The van der Waals surface area contributed by atoms with E-state index < -0.39 is 9.84 Å². The average Bonchev–Trinajstić information content (AvgIpc) is 2.37. The normalized spacial score (nSPS) is 11.2. The number of rotatable bonds is 4. The molecule has 0 fully saturated rings. The quantitative estimate of drug-likeness (QED) is 0.851. The highest BCUT2D eigenvalue weighted by molar-refractivity contribution is 7.90. The minimum Gasteiger partial charge on any atom is -0.478 e. The molecule has 0 atom stereocenters. The van der Waals surface area contributed by atoms with Crippen LogP contribution in [-0.2, 0) is 9.84 Å². The Hall–Kier alpha value is -1.81. The van der Waals surface area contributed by atoms with Crippen LogP contribution in [0.1, 0.15) is 0 Å². The molecule has 0 spiro atoms. The molecule has 0 N–H and O–H groups in total. The number of hydrogen-bond acceptors (Lipinski definition) is 3. The van der Waals surface area contributed by atoms with E-state index in [-0.39, 0.29) is 5.94 Å². The van der Waals surface area contributed by atoms with E-state index in [1.165, 1.54) is 0 Å². The molecule has 0 heterocycles. The van der Waals surface area contributed by atoms with Gasteiger partial charge in [0.25, 0.3) is 0 Å². The zero-order valence-electron chi connectivity index (χ0n) is 10.0. The molecule has 0 radical (unpaired) electrons. The Morgan fingerprint density at radius 3 is 2.00 bits per heavy atom. The lowest BCUT2D eigenvalue weighted by Crippen LogP contribution is -2.09. The van der Waals surface area contributed by atoms with E-state index in [4.69, 9.17) is 4.74 Å². The lowest BCUT2D eigenvalue weighted by Gasteiger charge is -2.06. The molecule has 0 unspecified atom stereocenters. The van der Waals surface area contributed by atoms with Gasteiger partial charge in [0.05, 0.1) is 0 Å². The predicted molar refractivity (Wildman–Crippen MR) is 72.2 cm³/mol. The SMILES string of the molecule is CS(=O)(=O)COc1ccc(-c2ccccc2)cc1. The van der Waals surface area contributed by atoms with Crippen LogP contribution in [0.25, 0.3) is 11.1 Å². The topological polar surface area (TPSA) is 43.4 Å². The Morgan fingerprint density at radius 2 is 1.44 bits per heavy atom. The van der Waals surface area contributed by atoms with Crippen LogP contribution in [0.2, 0.25) is 0 Å². The standard InChI is InChI=1S/C14H14O3S/c1-18(15,16)11-17-14-9-7-13(8-10-14)12-5-3-2-4-6-12/h2-10H,11H2,1H3. The van der Waals surface area contributed by atoms with Crippen LogP contribution in [0.4, 0.5) is 0 Å². The van der Waals surface area contributed by atoms with Crippen molar-refractivity contribution >= 4 is 9.84 Å². The Labute approximate surface area is 107 Å². The van der Waals surface area contributed by atoms with E-state index in [1.807, 2.05) is 42.5 Å². The molecule has 3 nitrogen and oxygen atoms in total. The van der Waals surface area contributed by atoms with Crippen LogP contribution in [0, 0.1) is 0 Å². The number of ether oxygens (including phenoxy) is 1. The molecule has 0 saturated heterocycles. The van der Waals surface area contributed by atoms with E-state index in [2.05, 4.69) is 0 Å². The zero-order chi connectivity index (χ0) is 13.0. The molecule has 0 aromatic heterocycles. The third-order valence-electron chi connectivity index (χ3n) is 2.40. The van der Waals surface area contributed by atoms with Crippen LogP contribution in [0.3, 0.4) is 0 Å². The van der Waals surface area contributed by atoms with E-state index in [0.717, 1.165) is 17.4 Å². The smallest absolute Gasteiger partial charge is 0.188 e. The molecule has 0 aliphatic heterocycles. The fraction of sp³-hybridized carbons (Fsp3) is 0.143. The van der Waals surface area contributed by atoms with Crippen molar-refractivity contribution < 1.29 is 13.2 Å². The molecular formula is C14H14O3S. The average molecular weight is 262 g/mol. The lowest BCUT2D eigenvalue weighted by atomic mass is 10.1. The Kier molecular flexibility index (Phi) is 3.67. The van der Waals surface area contributed by atoms with Gasteiger partial charge in [-0.3, -0.25) is 0 Å². The highest BCUT2D eigenvalue weighted by atomic mass is 32.2. The number of hydrogen-bond donors (Lipinski definition) is 0. The third-order valence-corrected chi connectivity index (χ3v) is 2.95. The molecule has 0 saturated carbocycles. The monoisotopic (exact) mass is 262 g/mol. The highest BCUT2D eigenvalue weighted by Crippen LogP contribution is 2.22. The first kappa shape index (κ1) is 12.6. The van der Waals surface area contributed by atoms with Crippen molar-refractivity contribution in [1.82, 2.24) is 0 Å². The van der Waals surface area contributed by atoms with Crippen molar-refractivity contribution in [3.8, 4) is 16.9 Å². The summed E-state index contributed by atoms with van der Waals surface area (Å²) < 4.78 is 27.1. The van der Waals surface area contributed by atoms with Crippen LogP contribution < -0.4 is 4.74 Å². The number of sulfone groups is 1. The maximum Gasteiger partial charge on any atom is 0.188 e. The van der Waals surface area contributed by atoms with Crippen LogP contribution in [0.5, 0.6) is 5.75 Å². The molecule has 2 aromatic rings. The summed E-state index contributed by atoms with van der Waals surface area (Å²) in [5.41, 5.74) is 2.19. The van der Waals surface area contributed by atoms with Gasteiger partial charge in [0.1, 0.15) is 5.75 Å².